The van der Waals surface area contributed by atoms with Gasteiger partial charge in [0.2, 0.25) is 0 Å². The predicted molar refractivity (Wildman–Crippen MR) is 82.1 cm³/mol. The van der Waals surface area contributed by atoms with Crippen LogP contribution in [0, 0.1) is 6.92 Å². The van der Waals surface area contributed by atoms with Gasteiger partial charge in [0, 0.05) is 6.54 Å². The summed E-state index contributed by atoms with van der Waals surface area (Å²) in [6, 6.07) is 8.00. The molecule has 2 rings (SSSR count). The van der Waals surface area contributed by atoms with E-state index < -0.39 is 10.0 Å². The maximum Gasteiger partial charge on any atom is 0.263 e. The Bertz CT molecular complexity index is 739. The lowest BCUT2D eigenvalue weighted by Gasteiger charge is -2.04. The molecule has 0 bridgehead atoms. The highest BCUT2D eigenvalue weighted by Crippen LogP contribution is 2.24. The van der Waals surface area contributed by atoms with Crippen LogP contribution >= 0.6 is 11.3 Å². The number of aromatic nitrogens is 1. The smallest absolute Gasteiger partial charge is 0.263 e. The van der Waals surface area contributed by atoms with Crippen LogP contribution in [0.1, 0.15) is 22.3 Å². The maximum absolute atomic E-state index is 12.2. The second-order valence-corrected chi connectivity index (χ2v) is 6.89. The molecule has 21 heavy (non-hydrogen) atoms. The van der Waals surface area contributed by atoms with E-state index in [1.165, 1.54) is 12.1 Å². The molecule has 0 unspecified atom stereocenters. The van der Waals surface area contributed by atoms with Crippen LogP contribution in [-0.2, 0) is 10.0 Å². The molecule has 1 aromatic heterocycles. The van der Waals surface area contributed by atoms with Crippen LogP contribution in [0.2, 0.25) is 0 Å². The quantitative estimate of drug-likeness (QED) is 0.880. The number of sulfonamides is 1. The van der Waals surface area contributed by atoms with Crippen molar-refractivity contribution in [3.63, 3.8) is 0 Å². The minimum absolute atomic E-state index is 0.150. The monoisotopic (exact) mass is 325 g/mol. The number of aryl methyl sites for hydroxylation is 1. The number of carbonyl (C=O) groups excluding carboxylic acids is 1. The van der Waals surface area contributed by atoms with E-state index in [1.54, 1.807) is 25.1 Å². The second-order valence-electron chi connectivity index (χ2n) is 4.21. The fourth-order valence-corrected chi connectivity index (χ4v) is 3.80. The molecule has 0 radical (unpaired) electrons. The third-order valence-electron chi connectivity index (χ3n) is 2.62. The molecule has 1 amide bonds. The average molecular weight is 325 g/mol. The van der Waals surface area contributed by atoms with Crippen molar-refractivity contribution in [3.8, 4) is 0 Å². The molecule has 112 valence electrons. The summed E-state index contributed by atoms with van der Waals surface area (Å²) in [5, 5.41) is 2.84. The lowest BCUT2D eigenvalue weighted by atomic mass is 10.4. The standard InChI is InChI=1S/C13H15N3O3S2/c1-3-14-12(17)11-9(2)15-13(20-11)16-21(18,19)10-7-5-4-6-8-10/h4-8H,3H2,1-2H3,(H,14,17)(H,15,16). The molecule has 0 aliphatic carbocycles. The topological polar surface area (TPSA) is 88.2 Å². The van der Waals surface area contributed by atoms with Gasteiger partial charge in [0.25, 0.3) is 15.9 Å². The molecule has 0 saturated carbocycles. The molecule has 1 heterocycles. The minimum Gasteiger partial charge on any atom is -0.352 e. The number of thiazole rings is 1. The van der Waals surface area contributed by atoms with Crippen LogP contribution < -0.4 is 10.0 Å². The van der Waals surface area contributed by atoms with Crippen LogP contribution in [0.4, 0.5) is 5.13 Å². The third-order valence-corrected chi connectivity index (χ3v) is 5.17. The van der Waals surface area contributed by atoms with Crippen molar-refractivity contribution in [2.75, 3.05) is 11.3 Å². The molecule has 0 saturated heterocycles. The Balaban J connectivity index is 2.25. The molecule has 0 aliphatic rings. The average Bonchev–Trinajstić information content (AvgIpc) is 2.80. The summed E-state index contributed by atoms with van der Waals surface area (Å²) >= 11 is 1.02. The van der Waals surface area contributed by atoms with E-state index in [4.69, 9.17) is 0 Å². The number of hydrogen-bond donors (Lipinski definition) is 2. The zero-order valence-corrected chi connectivity index (χ0v) is 13.2. The van der Waals surface area contributed by atoms with Crippen molar-refractivity contribution in [1.82, 2.24) is 10.3 Å². The molecule has 6 nitrogen and oxygen atoms in total. The van der Waals surface area contributed by atoms with E-state index in [2.05, 4.69) is 15.0 Å². The van der Waals surface area contributed by atoms with Crippen LogP contribution in [-0.4, -0.2) is 25.9 Å². The van der Waals surface area contributed by atoms with Crippen molar-refractivity contribution in [3.05, 3.63) is 40.9 Å². The molecule has 0 fully saturated rings. The van der Waals surface area contributed by atoms with E-state index in [0.29, 0.717) is 17.1 Å². The van der Waals surface area contributed by atoms with Gasteiger partial charge < -0.3 is 5.32 Å². The summed E-state index contributed by atoms with van der Waals surface area (Å²) in [7, 11) is -3.69. The lowest BCUT2D eigenvalue weighted by molar-refractivity contribution is 0.0959. The molecule has 8 heteroatoms. The number of hydrogen-bond acceptors (Lipinski definition) is 5. The third kappa shape index (κ3) is 3.59. The summed E-state index contributed by atoms with van der Waals surface area (Å²) < 4.78 is 26.7. The first-order chi connectivity index (χ1) is 9.94. The van der Waals surface area contributed by atoms with Gasteiger partial charge in [-0.2, -0.15) is 0 Å². The summed E-state index contributed by atoms with van der Waals surface area (Å²) in [5.41, 5.74) is 0.497. The minimum atomic E-state index is -3.69. The molecule has 0 aliphatic heterocycles. The van der Waals surface area contributed by atoms with Gasteiger partial charge in [0.1, 0.15) is 4.88 Å². The Morgan fingerprint density at radius 2 is 1.95 bits per heavy atom. The Morgan fingerprint density at radius 3 is 2.57 bits per heavy atom. The number of nitrogens with one attached hydrogen (secondary N) is 2. The molecule has 0 atom stereocenters. The van der Waals surface area contributed by atoms with Crippen LogP contribution in [0.25, 0.3) is 0 Å². The van der Waals surface area contributed by atoms with E-state index in [0.717, 1.165) is 11.3 Å². The maximum atomic E-state index is 12.2. The molecular formula is C13H15N3O3S2. The summed E-state index contributed by atoms with van der Waals surface area (Å²) in [5.74, 6) is -0.252. The van der Waals surface area contributed by atoms with Gasteiger partial charge in [-0.15, -0.1) is 0 Å². The lowest BCUT2D eigenvalue weighted by Crippen LogP contribution is -2.22. The van der Waals surface area contributed by atoms with Gasteiger partial charge in [-0.3, -0.25) is 9.52 Å². The Labute approximate surface area is 127 Å². The van der Waals surface area contributed by atoms with E-state index in [1.807, 2.05) is 6.92 Å². The largest absolute Gasteiger partial charge is 0.352 e. The Kier molecular flexibility index (Phi) is 4.59. The first kappa shape index (κ1) is 15.5. The first-order valence-electron chi connectivity index (χ1n) is 6.27. The predicted octanol–water partition coefficient (Wildman–Crippen LogP) is 2.00. The van der Waals surface area contributed by atoms with Crippen molar-refractivity contribution in [1.29, 1.82) is 0 Å². The van der Waals surface area contributed by atoms with Crippen LogP contribution in [0.15, 0.2) is 35.2 Å². The number of rotatable bonds is 5. The number of carbonyl (C=O) groups is 1. The summed E-state index contributed by atoms with van der Waals surface area (Å²) in [6.07, 6.45) is 0. The van der Waals surface area contributed by atoms with Crippen LogP contribution in [0.5, 0.6) is 0 Å². The van der Waals surface area contributed by atoms with Gasteiger partial charge >= 0.3 is 0 Å². The number of benzene rings is 1. The second kappa shape index (κ2) is 6.23. The zero-order chi connectivity index (χ0) is 15.5. The number of anilines is 1. The van der Waals surface area contributed by atoms with Gasteiger partial charge in [-0.25, -0.2) is 13.4 Å². The Hall–Kier alpha value is -1.93. The van der Waals surface area contributed by atoms with Gasteiger partial charge in [-0.1, -0.05) is 29.5 Å². The number of amides is 1. The van der Waals surface area contributed by atoms with Crippen molar-refractivity contribution in [2.24, 2.45) is 0 Å². The van der Waals surface area contributed by atoms with Gasteiger partial charge in [0.15, 0.2) is 5.13 Å². The van der Waals surface area contributed by atoms with Gasteiger partial charge in [0.05, 0.1) is 10.6 Å². The first-order valence-corrected chi connectivity index (χ1v) is 8.57. The fraction of sp³-hybridized carbons (Fsp3) is 0.231. The van der Waals surface area contributed by atoms with Crippen LogP contribution in [0.3, 0.4) is 0 Å². The molecule has 0 spiro atoms. The summed E-state index contributed by atoms with van der Waals surface area (Å²) in [4.78, 5) is 16.4. The van der Waals surface area contributed by atoms with E-state index in [9.17, 15) is 13.2 Å². The SMILES string of the molecule is CCNC(=O)c1sc(NS(=O)(=O)c2ccccc2)nc1C. The highest BCUT2D eigenvalue weighted by atomic mass is 32.2. The highest BCUT2D eigenvalue weighted by Gasteiger charge is 2.19. The van der Waals surface area contributed by atoms with Crippen molar-refractivity contribution < 1.29 is 13.2 Å². The zero-order valence-electron chi connectivity index (χ0n) is 11.6. The fourth-order valence-electron chi connectivity index (χ4n) is 1.67. The van der Waals surface area contributed by atoms with Crippen molar-refractivity contribution in [2.45, 2.75) is 18.7 Å². The molecule has 1 aromatic carbocycles. The van der Waals surface area contributed by atoms with E-state index >= 15 is 0 Å². The van der Waals surface area contributed by atoms with Gasteiger partial charge in [-0.05, 0) is 26.0 Å². The summed E-state index contributed by atoms with van der Waals surface area (Å²) in [6.45, 7) is 3.98. The highest BCUT2D eigenvalue weighted by molar-refractivity contribution is 7.93. The molecule has 2 aromatic rings. The van der Waals surface area contributed by atoms with E-state index in [-0.39, 0.29) is 15.9 Å². The molecule has 2 N–H and O–H groups in total. The normalized spacial score (nSPS) is 11.1. The number of nitrogens with zero attached hydrogens (tertiary/aromatic N) is 1. The van der Waals surface area contributed by atoms with Crippen molar-refractivity contribution >= 4 is 32.4 Å². The molecular weight excluding hydrogens is 310 g/mol. The Morgan fingerprint density at radius 1 is 1.29 bits per heavy atom.